The van der Waals surface area contributed by atoms with E-state index in [4.69, 9.17) is 34.8 Å². The zero-order valence-corrected chi connectivity index (χ0v) is 17.6. The van der Waals surface area contributed by atoms with E-state index in [-0.39, 0.29) is 23.9 Å². The SMILES string of the molecule is O=C(O)c1c(Cn2cccn2)nc(-c2cccnc2Cl)n1Cc1cc(Cl)ccc1Cl. The molecule has 4 aromatic rings. The van der Waals surface area contributed by atoms with E-state index < -0.39 is 5.97 Å². The van der Waals surface area contributed by atoms with Gasteiger partial charge in [-0.1, -0.05) is 34.8 Å². The van der Waals surface area contributed by atoms with E-state index >= 15 is 0 Å². The number of aromatic nitrogens is 5. The lowest BCUT2D eigenvalue weighted by molar-refractivity contribution is 0.0684. The molecule has 3 heterocycles. The number of aromatic carboxylic acids is 1. The molecule has 0 unspecified atom stereocenters. The molecule has 0 aliphatic heterocycles. The van der Waals surface area contributed by atoms with Crippen molar-refractivity contribution in [3.63, 3.8) is 0 Å². The maximum Gasteiger partial charge on any atom is 0.354 e. The lowest BCUT2D eigenvalue weighted by Gasteiger charge is -2.13. The number of carbonyl (C=O) groups is 1. The van der Waals surface area contributed by atoms with Crippen LogP contribution in [0.5, 0.6) is 0 Å². The third-order valence-electron chi connectivity index (χ3n) is 4.45. The zero-order chi connectivity index (χ0) is 21.3. The zero-order valence-electron chi connectivity index (χ0n) is 15.3. The topological polar surface area (TPSA) is 85.8 Å². The summed E-state index contributed by atoms with van der Waals surface area (Å²) in [5, 5.41) is 15.3. The molecule has 1 aromatic carbocycles. The third-order valence-corrected chi connectivity index (χ3v) is 5.35. The summed E-state index contributed by atoms with van der Waals surface area (Å²) < 4.78 is 3.15. The van der Waals surface area contributed by atoms with Gasteiger partial charge in [0.2, 0.25) is 0 Å². The van der Waals surface area contributed by atoms with Gasteiger partial charge < -0.3 is 9.67 Å². The number of hydrogen-bond acceptors (Lipinski definition) is 4. The second-order valence-electron chi connectivity index (χ2n) is 6.40. The van der Waals surface area contributed by atoms with Gasteiger partial charge in [-0.2, -0.15) is 5.10 Å². The van der Waals surface area contributed by atoms with Gasteiger partial charge in [-0.25, -0.2) is 14.8 Å². The minimum atomic E-state index is -1.13. The standard InChI is InChI=1S/C20H14Cl3N5O2/c21-13-4-5-15(22)12(9-13)10-28-17(20(29)30)16(11-27-8-2-7-25-27)26-19(28)14-3-1-6-24-18(14)23/h1-9H,10-11H2,(H,29,30). The highest BCUT2D eigenvalue weighted by Gasteiger charge is 2.25. The van der Waals surface area contributed by atoms with Crippen molar-refractivity contribution < 1.29 is 9.90 Å². The minimum absolute atomic E-state index is 0.0106. The van der Waals surface area contributed by atoms with Crippen LogP contribution in [0.25, 0.3) is 11.4 Å². The van der Waals surface area contributed by atoms with Crippen LogP contribution in [0.1, 0.15) is 21.7 Å². The molecule has 3 aromatic heterocycles. The Bertz CT molecular complexity index is 1220. The molecule has 0 saturated heterocycles. The number of carboxylic acids is 1. The van der Waals surface area contributed by atoms with Crippen LogP contribution in [-0.4, -0.2) is 35.4 Å². The Hall–Kier alpha value is -2.87. The van der Waals surface area contributed by atoms with Gasteiger partial charge in [0, 0.05) is 28.6 Å². The van der Waals surface area contributed by atoms with E-state index in [2.05, 4.69) is 15.1 Å². The van der Waals surface area contributed by atoms with Crippen molar-refractivity contribution in [3.05, 3.63) is 87.1 Å². The van der Waals surface area contributed by atoms with Crippen LogP contribution >= 0.6 is 34.8 Å². The van der Waals surface area contributed by atoms with Crippen LogP contribution in [0, 0.1) is 0 Å². The van der Waals surface area contributed by atoms with Gasteiger partial charge >= 0.3 is 5.97 Å². The van der Waals surface area contributed by atoms with Crippen LogP contribution < -0.4 is 0 Å². The number of rotatable bonds is 6. The van der Waals surface area contributed by atoms with Crippen LogP contribution in [0.2, 0.25) is 15.2 Å². The molecule has 1 N–H and O–H groups in total. The smallest absolute Gasteiger partial charge is 0.354 e. The molecule has 0 amide bonds. The first-order chi connectivity index (χ1) is 14.4. The number of halogens is 3. The Labute approximate surface area is 186 Å². The lowest BCUT2D eigenvalue weighted by atomic mass is 10.2. The van der Waals surface area contributed by atoms with Gasteiger partial charge in [-0.15, -0.1) is 0 Å². The average Bonchev–Trinajstić information content (AvgIpc) is 3.33. The molecule has 30 heavy (non-hydrogen) atoms. The number of carboxylic acid groups (broad SMARTS) is 1. The fourth-order valence-corrected chi connectivity index (χ4v) is 3.72. The van der Waals surface area contributed by atoms with Gasteiger partial charge in [0.25, 0.3) is 0 Å². The second kappa shape index (κ2) is 8.47. The number of imidazole rings is 1. The maximum atomic E-state index is 12.2. The Kier molecular flexibility index (Phi) is 5.76. The first kappa shape index (κ1) is 20.4. The molecular weight excluding hydrogens is 449 g/mol. The Morgan fingerprint density at radius 2 is 1.90 bits per heavy atom. The fourth-order valence-electron chi connectivity index (χ4n) is 3.15. The van der Waals surface area contributed by atoms with Gasteiger partial charge in [0.05, 0.1) is 24.3 Å². The van der Waals surface area contributed by atoms with Crippen molar-refractivity contribution >= 4 is 40.8 Å². The first-order valence-electron chi connectivity index (χ1n) is 8.79. The van der Waals surface area contributed by atoms with Gasteiger partial charge in [0.15, 0.2) is 5.69 Å². The van der Waals surface area contributed by atoms with Crippen molar-refractivity contribution in [2.75, 3.05) is 0 Å². The summed E-state index contributed by atoms with van der Waals surface area (Å²) in [6.45, 7) is 0.309. The summed E-state index contributed by atoms with van der Waals surface area (Å²) in [6.07, 6.45) is 4.90. The highest BCUT2D eigenvalue weighted by atomic mass is 35.5. The Balaban J connectivity index is 1.92. The maximum absolute atomic E-state index is 12.2. The summed E-state index contributed by atoms with van der Waals surface area (Å²) in [4.78, 5) is 20.9. The summed E-state index contributed by atoms with van der Waals surface area (Å²) in [6, 6.07) is 10.2. The van der Waals surface area contributed by atoms with E-state index in [1.54, 1.807) is 64.2 Å². The normalized spacial score (nSPS) is 11.0. The molecule has 0 fully saturated rings. The predicted octanol–water partition coefficient (Wildman–Crippen LogP) is 4.90. The fraction of sp³-hybridized carbons (Fsp3) is 0.100. The molecule has 0 saturated carbocycles. The van der Waals surface area contributed by atoms with E-state index in [1.807, 2.05) is 0 Å². The lowest BCUT2D eigenvalue weighted by Crippen LogP contribution is -2.14. The average molecular weight is 463 g/mol. The molecule has 0 bridgehead atoms. The predicted molar refractivity (Wildman–Crippen MR) is 114 cm³/mol. The van der Waals surface area contributed by atoms with Crippen LogP contribution in [-0.2, 0) is 13.1 Å². The van der Waals surface area contributed by atoms with E-state index in [9.17, 15) is 9.90 Å². The highest BCUT2D eigenvalue weighted by Crippen LogP contribution is 2.30. The summed E-state index contributed by atoms with van der Waals surface area (Å²) >= 11 is 18.8. The molecule has 0 spiro atoms. The molecule has 0 radical (unpaired) electrons. The number of pyridine rings is 1. The van der Waals surface area contributed by atoms with Crippen LogP contribution in [0.15, 0.2) is 55.0 Å². The van der Waals surface area contributed by atoms with Crippen molar-refractivity contribution in [2.24, 2.45) is 0 Å². The molecule has 0 aliphatic rings. The Morgan fingerprint density at radius 1 is 1.07 bits per heavy atom. The van der Waals surface area contributed by atoms with E-state index in [1.165, 1.54) is 0 Å². The summed E-state index contributed by atoms with van der Waals surface area (Å²) in [5.41, 5.74) is 1.50. The van der Waals surface area contributed by atoms with Crippen LogP contribution in [0.3, 0.4) is 0 Å². The third kappa shape index (κ3) is 4.05. The summed E-state index contributed by atoms with van der Waals surface area (Å²) in [5.74, 6) is -0.766. The van der Waals surface area contributed by atoms with Crippen LogP contribution in [0.4, 0.5) is 0 Å². The second-order valence-corrected chi connectivity index (χ2v) is 7.60. The van der Waals surface area contributed by atoms with Crippen molar-refractivity contribution in [1.29, 1.82) is 0 Å². The van der Waals surface area contributed by atoms with Gasteiger partial charge in [-0.05, 0) is 42.0 Å². The first-order valence-corrected chi connectivity index (χ1v) is 9.92. The number of hydrogen-bond donors (Lipinski definition) is 1. The highest BCUT2D eigenvalue weighted by molar-refractivity contribution is 6.33. The largest absolute Gasteiger partial charge is 0.477 e. The van der Waals surface area contributed by atoms with E-state index in [0.717, 1.165) is 0 Å². The van der Waals surface area contributed by atoms with Crippen molar-refractivity contribution in [2.45, 2.75) is 13.1 Å². The molecule has 10 heteroatoms. The molecule has 0 aliphatic carbocycles. The summed E-state index contributed by atoms with van der Waals surface area (Å²) in [7, 11) is 0. The van der Waals surface area contributed by atoms with Gasteiger partial charge in [-0.3, -0.25) is 4.68 Å². The van der Waals surface area contributed by atoms with Gasteiger partial charge in [0.1, 0.15) is 11.0 Å². The number of nitrogens with zero attached hydrogens (tertiary/aromatic N) is 5. The molecule has 7 nitrogen and oxygen atoms in total. The number of benzene rings is 1. The minimum Gasteiger partial charge on any atom is -0.477 e. The monoisotopic (exact) mass is 461 g/mol. The quantitative estimate of drug-likeness (QED) is 0.412. The molecule has 152 valence electrons. The van der Waals surface area contributed by atoms with E-state index in [0.29, 0.717) is 32.7 Å². The Morgan fingerprint density at radius 3 is 2.60 bits per heavy atom. The van der Waals surface area contributed by atoms with Crippen molar-refractivity contribution in [1.82, 2.24) is 24.3 Å². The molecular formula is C20H14Cl3N5O2. The van der Waals surface area contributed by atoms with Crippen molar-refractivity contribution in [3.8, 4) is 11.4 Å². The molecule has 0 atom stereocenters. The molecule has 4 rings (SSSR count).